The second kappa shape index (κ2) is 3.33. The highest BCUT2D eigenvalue weighted by Crippen LogP contribution is 2.23. The third kappa shape index (κ3) is 1.80. The minimum absolute atomic E-state index is 0.0235. The van der Waals surface area contributed by atoms with Gasteiger partial charge in [-0.1, -0.05) is 0 Å². The summed E-state index contributed by atoms with van der Waals surface area (Å²) < 4.78 is 0.759. The van der Waals surface area contributed by atoms with Gasteiger partial charge in [0.15, 0.2) is 5.82 Å². The zero-order chi connectivity index (χ0) is 9.26. The number of pyridine rings is 1. The topological polar surface area (TPSA) is 54.0 Å². The Hall–Kier alpha value is -1.10. The predicted octanol–water partition coefficient (Wildman–Crippen LogP) is 1.60. The summed E-state index contributed by atoms with van der Waals surface area (Å²) in [6, 6.07) is 3.62. The number of anilines is 2. The van der Waals surface area contributed by atoms with E-state index in [2.05, 4.69) is 31.5 Å². The van der Waals surface area contributed by atoms with Crippen LogP contribution in [0.2, 0.25) is 0 Å². The number of hydrogen-bond acceptors (Lipinski definition) is 3. The highest BCUT2D eigenvalue weighted by molar-refractivity contribution is 9.10. The maximum absolute atomic E-state index is 11.1. The Bertz CT molecular complexity index is 353. The first-order chi connectivity index (χ1) is 6.25. The molecular weight excluding hydrogens is 234 g/mol. The van der Waals surface area contributed by atoms with Gasteiger partial charge >= 0.3 is 0 Å². The van der Waals surface area contributed by atoms with Crippen molar-refractivity contribution in [3.8, 4) is 0 Å². The Morgan fingerprint density at radius 2 is 2.31 bits per heavy atom. The van der Waals surface area contributed by atoms with Gasteiger partial charge in [0, 0.05) is 13.0 Å². The number of hydrogen-bond donors (Lipinski definition) is 2. The fraction of sp³-hybridized carbons (Fsp3) is 0.250. The Morgan fingerprint density at radius 3 is 3.15 bits per heavy atom. The molecule has 0 bridgehead atoms. The smallest absolute Gasteiger partial charge is 0.226 e. The molecule has 1 amide bonds. The van der Waals surface area contributed by atoms with Gasteiger partial charge in [-0.2, -0.15) is 0 Å². The van der Waals surface area contributed by atoms with Gasteiger partial charge in [0.05, 0.1) is 5.69 Å². The molecule has 0 unspecified atom stereocenters. The number of amides is 1. The van der Waals surface area contributed by atoms with E-state index in [9.17, 15) is 4.79 Å². The molecule has 0 fully saturated rings. The van der Waals surface area contributed by atoms with E-state index in [-0.39, 0.29) is 5.91 Å². The van der Waals surface area contributed by atoms with E-state index in [1.165, 1.54) is 0 Å². The first kappa shape index (κ1) is 8.50. The molecular formula is C8H8BrN3O. The summed E-state index contributed by atoms with van der Waals surface area (Å²) in [6.45, 7) is 0.627. The normalized spacial score (nSPS) is 15.3. The van der Waals surface area contributed by atoms with E-state index < -0.39 is 0 Å². The fourth-order valence-corrected chi connectivity index (χ4v) is 1.49. The number of rotatable bonds is 0. The number of nitrogens with one attached hydrogen (secondary N) is 2. The molecule has 0 saturated carbocycles. The molecule has 2 N–H and O–H groups in total. The van der Waals surface area contributed by atoms with Gasteiger partial charge in [0.1, 0.15) is 4.60 Å². The number of fused-ring (bicyclic) bond motifs is 1. The Balaban J connectivity index is 2.40. The molecule has 1 aliphatic heterocycles. The summed E-state index contributed by atoms with van der Waals surface area (Å²) in [7, 11) is 0. The number of nitrogens with zero attached hydrogens (tertiary/aromatic N) is 1. The Kier molecular flexibility index (Phi) is 2.18. The molecule has 0 radical (unpaired) electrons. The molecule has 13 heavy (non-hydrogen) atoms. The van der Waals surface area contributed by atoms with Crippen LogP contribution in [0.15, 0.2) is 16.7 Å². The van der Waals surface area contributed by atoms with Crippen molar-refractivity contribution >= 4 is 33.3 Å². The van der Waals surface area contributed by atoms with Crippen LogP contribution in [0.1, 0.15) is 6.42 Å². The molecule has 1 aliphatic rings. The molecule has 1 aromatic heterocycles. The fourth-order valence-electron chi connectivity index (χ4n) is 1.18. The Labute approximate surface area is 83.9 Å². The maximum atomic E-state index is 11.1. The van der Waals surface area contributed by atoms with Crippen LogP contribution < -0.4 is 10.6 Å². The summed E-state index contributed by atoms with van der Waals surface area (Å²) in [6.07, 6.45) is 0.480. The van der Waals surface area contributed by atoms with E-state index >= 15 is 0 Å². The lowest BCUT2D eigenvalue weighted by atomic mass is 10.4. The number of halogens is 1. The van der Waals surface area contributed by atoms with Gasteiger partial charge in [0.2, 0.25) is 5.91 Å². The largest absolute Gasteiger partial charge is 0.368 e. The molecule has 2 rings (SSSR count). The van der Waals surface area contributed by atoms with E-state index in [0.29, 0.717) is 13.0 Å². The van der Waals surface area contributed by atoms with Crippen LogP contribution in [0, 0.1) is 0 Å². The second-order valence-corrected chi connectivity index (χ2v) is 3.57. The van der Waals surface area contributed by atoms with Gasteiger partial charge in [0.25, 0.3) is 0 Å². The summed E-state index contributed by atoms with van der Waals surface area (Å²) in [5.74, 6) is 0.746. The predicted molar refractivity (Wildman–Crippen MR) is 53.7 cm³/mol. The zero-order valence-corrected chi connectivity index (χ0v) is 8.39. The van der Waals surface area contributed by atoms with Crippen LogP contribution in [-0.4, -0.2) is 17.4 Å². The minimum Gasteiger partial charge on any atom is -0.368 e. The van der Waals surface area contributed by atoms with Gasteiger partial charge in [-0.3, -0.25) is 4.79 Å². The number of carbonyl (C=O) groups is 1. The molecule has 1 aromatic rings. The van der Waals surface area contributed by atoms with Crippen LogP contribution >= 0.6 is 15.9 Å². The van der Waals surface area contributed by atoms with Crippen LogP contribution in [0.4, 0.5) is 11.5 Å². The molecule has 2 heterocycles. The van der Waals surface area contributed by atoms with E-state index in [0.717, 1.165) is 16.1 Å². The van der Waals surface area contributed by atoms with Gasteiger partial charge < -0.3 is 10.6 Å². The molecule has 0 spiro atoms. The summed E-state index contributed by atoms with van der Waals surface area (Å²) >= 11 is 3.27. The van der Waals surface area contributed by atoms with Crippen molar-refractivity contribution in [1.82, 2.24) is 4.98 Å². The lowest BCUT2D eigenvalue weighted by Gasteiger charge is -2.05. The van der Waals surface area contributed by atoms with Crippen molar-refractivity contribution in [2.75, 3.05) is 17.2 Å². The first-order valence-electron chi connectivity index (χ1n) is 3.96. The SMILES string of the molecule is O=C1CCNc2nc(Br)ccc2N1. The first-order valence-corrected chi connectivity index (χ1v) is 4.75. The van der Waals surface area contributed by atoms with Crippen LogP contribution in [0.3, 0.4) is 0 Å². The molecule has 0 aliphatic carbocycles. The molecule has 0 atom stereocenters. The highest BCUT2D eigenvalue weighted by atomic mass is 79.9. The maximum Gasteiger partial charge on any atom is 0.226 e. The lowest BCUT2D eigenvalue weighted by molar-refractivity contribution is -0.115. The summed E-state index contributed by atoms with van der Waals surface area (Å²) in [4.78, 5) is 15.3. The van der Waals surface area contributed by atoms with Crippen molar-refractivity contribution in [3.63, 3.8) is 0 Å². The van der Waals surface area contributed by atoms with Crippen molar-refractivity contribution in [3.05, 3.63) is 16.7 Å². The van der Waals surface area contributed by atoms with Crippen molar-refractivity contribution in [1.29, 1.82) is 0 Å². The molecule has 0 saturated heterocycles. The van der Waals surface area contributed by atoms with Crippen molar-refractivity contribution in [2.45, 2.75) is 6.42 Å². The van der Waals surface area contributed by atoms with Gasteiger partial charge in [-0.05, 0) is 28.1 Å². The average Bonchev–Trinajstić information content (AvgIpc) is 2.25. The zero-order valence-electron chi connectivity index (χ0n) is 6.80. The van der Waals surface area contributed by atoms with Gasteiger partial charge in [-0.15, -0.1) is 0 Å². The number of carbonyl (C=O) groups excluding carboxylic acids is 1. The van der Waals surface area contributed by atoms with E-state index in [4.69, 9.17) is 0 Å². The second-order valence-electron chi connectivity index (χ2n) is 2.76. The lowest BCUT2D eigenvalue weighted by Crippen LogP contribution is -2.10. The molecule has 4 nitrogen and oxygen atoms in total. The third-order valence-electron chi connectivity index (χ3n) is 1.78. The van der Waals surface area contributed by atoms with Crippen LogP contribution in [0.5, 0.6) is 0 Å². The average molecular weight is 242 g/mol. The quantitative estimate of drug-likeness (QED) is 0.679. The van der Waals surface area contributed by atoms with Crippen LogP contribution in [-0.2, 0) is 4.79 Å². The summed E-state index contributed by atoms with van der Waals surface area (Å²) in [5.41, 5.74) is 0.741. The van der Waals surface area contributed by atoms with E-state index in [1.807, 2.05) is 6.07 Å². The standard InChI is InChI=1S/C8H8BrN3O/c9-6-2-1-5-8(12-6)10-4-3-7(13)11-5/h1-2H,3-4H2,(H,10,12)(H,11,13). The minimum atomic E-state index is 0.0235. The van der Waals surface area contributed by atoms with Gasteiger partial charge in [-0.25, -0.2) is 4.98 Å². The highest BCUT2D eigenvalue weighted by Gasteiger charge is 2.12. The van der Waals surface area contributed by atoms with Crippen LogP contribution in [0.25, 0.3) is 0 Å². The number of aromatic nitrogens is 1. The molecule has 0 aromatic carbocycles. The van der Waals surface area contributed by atoms with E-state index in [1.54, 1.807) is 6.07 Å². The monoisotopic (exact) mass is 241 g/mol. The van der Waals surface area contributed by atoms with Crippen molar-refractivity contribution < 1.29 is 4.79 Å². The van der Waals surface area contributed by atoms with Crippen molar-refractivity contribution in [2.24, 2.45) is 0 Å². The molecule has 68 valence electrons. The third-order valence-corrected chi connectivity index (χ3v) is 2.22. The molecule has 5 heteroatoms. The summed E-state index contributed by atoms with van der Waals surface area (Å²) in [5, 5.41) is 5.84. The Morgan fingerprint density at radius 1 is 1.46 bits per heavy atom.